The topological polar surface area (TPSA) is 0 Å². The predicted octanol–water partition coefficient (Wildman–Crippen LogP) is 5.48. The second-order valence-corrected chi connectivity index (χ2v) is 7.88. The predicted molar refractivity (Wildman–Crippen MR) is 76.4 cm³/mol. The highest BCUT2D eigenvalue weighted by atomic mass is 14.5. The standard InChI is InChI=1S/C18H28/c1-2-10-18(9-1)12-15(13-18)11-14-3-5-16-7-8-17(16)6-4-14/h11,15-17H,1-10,12-13H2. The summed E-state index contributed by atoms with van der Waals surface area (Å²) >= 11 is 0. The summed E-state index contributed by atoms with van der Waals surface area (Å²) in [5.41, 5.74) is 2.69. The van der Waals surface area contributed by atoms with Crippen molar-refractivity contribution in [3.05, 3.63) is 11.6 Å². The van der Waals surface area contributed by atoms with Crippen LogP contribution in [0.25, 0.3) is 0 Å². The highest BCUT2D eigenvalue weighted by Crippen LogP contribution is 2.57. The third-order valence-electron chi connectivity index (χ3n) is 6.77. The lowest BCUT2D eigenvalue weighted by Gasteiger charge is -2.44. The lowest BCUT2D eigenvalue weighted by molar-refractivity contribution is 0.0914. The maximum atomic E-state index is 2.73. The van der Waals surface area contributed by atoms with E-state index in [0.29, 0.717) is 0 Å². The quantitative estimate of drug-likeness (QED) is 0.535. The first-order valence-corrected chi connectivity index (χ1v) is 8.53. The van der Waals surface area contributed by atoms with E-state index in [0.717, 1.165) is 23.2 Å². The van der Waals surface area contributed by atoms with E-state index < -0.39 is 0 Å². The van der Waals surface area contributed by atoms with Crippen LogP contribution in [0.4, 0.5) is 0 Å². The monoisotopic (exact) mass is 244 g/mol. The number of allylic oxidation sites excluding steroid dienone is 2. The van der Waals surface area contributed by atoms with Gasteiger partial charge in [0.1, 0.15) is 0 Å². The molecule has 0 nitrogen and oxygen atoms in total. The van der Waals surface area contributed by atoms with E-state index in [9.17, 15) is 0 Å². The van der Waals surface area contributed by atoms with Gasteiger partial charge in [-0.2, -0.15) is 0 Å². The fraction of sp³-hybridized carbons (Fsp3) is 0.889. The van der Waals surface area contributed by atoms with E-state index in [-0.39, 0.29) is 0 Å². The second kappa shape index (κ2) is 4.39. The molecule has 0 saturated heterocycles. The Morgan fingerprint density at radius 2 is 1.44 bits per heavy atom. The first-order chi connectivity index (χ1) is 8.83. The van der Waals surface area contributed by atoms with Gasteiger partial charge in [0, 0.05) is 0 Å². The summed E-state index contributed by atoms with van der Waals surface area (Å²) in [6.07, 6.45) is 21.0. The Bertz CT molecular complexity index is 321. The molecule has 2 unspecified atom stereocenters. The molecule has 4 aliphatic carbocycles. The minimum atomic E-state index is 0.839. The zero-order valence-corrected chi connectivity index (χ0v) is 11.8. The van der Waals surface area contributed by atoms with Gasteiger partial charge in [0.05, 0.1) is 0 Å². The van der Waals surface area contributed by atoms with Crippen molar-refractivity contribution in [2.24, 2.45) is 23.2 Å². The summed E-state index contributed by atoms with van der Waals surface area (Å²) in [6, 6.07) is 0. The van der Waals surface area contributed by atoms with Gasteiger partial charge in [0.2, 0.25) is 0 Å². The van der Waals surface area contributed by atoms with E-state index in [1.54, 1.807) is 38.5 Å². The minimum absolute atomic E-state index is 0.839. The van der Waals surface area contributed by atoms with Crippen molar-refractivity contribution in [2.45, 2.75) is 77.0 Å². The Morgan fingerprint density at radius 3 is 2.00 bits per heavy atom. The van der Waals surface area contributed by atoms with Crippen LogP contribution in [0.5, 0.6) is 0 Å². The highest BCUT2D eigenvalue weighted by Gasteiger charge is 2.44. The molecule has 0 amide bonds. The first-order valence-electron chi connectivity index (χ1n) is 8.53. The van der Waals surface area contributed by atoms with Crippen molar-refractivity contribution in [1.29, 1.82) is 0 Å². The van der Waals surface area contributed by atoms with Crippen LogP contribution in [0.1, 0.15) is 77.0 Å². The molecule has 0 N–H and O–H groups in total. The average molecular weight is 244 g/mol. The molecule has 0 heterocycles. The van der Waals surface area contributed by atoms with E-state index >= 15 is 0 Å². The summed E-state index contributed by atoms with van der Waals surface area (Å²) in [5, 5.41) is 0. The number of fused-ring (bicyclic) bond motifs is 1. The van der Waals surface area contributed by atoms with Crippen LogP contribution in [0.15, 0.2) is 11.6 Å². The maximum Gasteiger partial charge on any atom is -0.0220 e. The molecule has 100 valence electrons. The molecule has 0 bridgehead atoms. The van der Waals surface area contributed by atoms with Crippen LogP contribution in [0.2, 0.25) is 0 Å². The van der Waals surface area contributed by atoms with Gasteiger partial charge in [0.25, 0.3) is 0 Å². The summed E-state index contributed by atoms with van der Waals surface area (Å²) < 4.78 is 0. The van der Waals surface area contributed by atoms with Crippen molar-refractivity contribution < 1.29 is 0 Å². The van der Waals surface area contributed by atoms with Gasteiger partial charge < -0.3 is 0 Å². The molecule has 4 saturated carbocycles. The third-order valence-corrected chi connectivity index (χ3v) is 6.77. The van der Waals surface area contributed by atoms with Crippen molar-refractivity contribution in [1.82, 2.24) is 0 Å². The average Bonchev–Trinajstić information content (AvgIpc) is 2.71. The molecule has 0 aromatic heterocycles. The highest BCUT2D eigenvalue weighted by molar-refractivity contribution is 5.13. The zero-order valence-electron chi connectivity index (χ0n) is 11.8. The molecule has 0 aromatic rings. The van der Waals surface area contributed by atoms with Gasteiger partial charge in [0.15, 0.2) is 0 Å². The molecule has 1 spiro atoms. The van der Waals surface area contributed by atoms with Gasteiger partial charge in [-0.15, -0.1) is 0 Å². The first kappa shape index (κ1) is 11.6. The molecule has 0 heteroatoms. The number of hydrogen-bond acceptors (Lipinski definition) is 0. The van der Waals surface area contributed by atoms with Gasteiger partial charge in [-0.25, -0.2) is 0 Å². The Hall–Kier alpha value is -0.260. The molecule has 18 heavy (non-hydrogen) atoms. The summed E-state index contributed by atoms with van der Waals surface area (Å²) in [7, 11) is 0. The minimum Gasteiger partial charge on any atom is -0.0822 e. The van der Waals surface area contributed by atoms with Gasteiger partial charge >= 0.3 is 0 Å². The normalized spacial score (nSPS) is 38.8. The molecule has 0 aliphatic heterocycles. The number of rotatable bonds is 1. The summed E-state index contributed by atoms with van der Waals surface area (Å²) in [4.78, 5) is 0. The Balaban J connectivity index is 1.34. The van der Waals surface area contributed by atoms with Crippen molar-refractivity contribution >= 4 is 0 Å². The lowest BCUT2D eigenvalue weighted by Crippen LogP contribution is -2.33. The van der Waals surface area contributed by atoms with Crippen LogP contribution in [-0.4, -0.2) is 0 Å². The largest absolute Gasteiger partial charge is 0.0822 e. The smallest absolute Gasteiger partial charge is 0.0220 e. The zero-order chi connectivity index (χ0) is 12.0. The molecular formula is C18H28. The number of hydrogen-bond donors (Lipinski definition) is 0. The fourth-order valence-corrected chi connectivity index (χ4v) is 5.47. The van der Waals surface area contributed by atoms with Crippen molar-refractivity contribution in [3.63, 3.8) is 0 Å². The van der Waals surface area contributed by atoms with Crippen LogP contribution < -0.4 is 0 Å². The SMILES string of the molecule is C(=C1CCC2CCC2CC1)C1CC2(CCCC2)C1. The molecule has 4 rings (SSSR count). The summed E-state index contributed by atoms with van der Waals surface area (Å²) in [6.45, 7) is 0. The fourth-order valence-electron chi connectivity index (χ4n) is 5.47. The Morgan fingerprint density at radius 1 is 0.833 bits per heavy atom. The van der Waals surface area contributed by atoms with Crippen LogP contribution in [0.3, 0.4) is 0 Å². The molecule has 2 atom stereocenters. The molecule has 0 radical (unpaired) electrons. The lowest BCUT2D eigenvalue weighted by atomic mass is 9.60. The molecule has 4 fully saturated rings. The van der Waals surface area contributed by atoms with E-state index in [4.69, 9.17) is 0 Å². The van der Waals surface area contributed by atoms with Crippen LogP contribution in [-0.2, 0) is 0 Å². The Labute approximate surface area is 112 Å². The Kier molecular flexibility index (Phi) is 2.82. The second-order valence-electron chi connectivity index (χ2n) is 7.88. The van der Waals surface area contributed by atoms with Gasteiger partial charge in [-0.1, -0.05) is 24.5 Å². The van der Waals surface area contributed by atoms with Crippen molar-refractivity contribution in [3.8, 4) is 0 Å². The van der Waals surface area contributed by atoms with Crippen LogP contribution >= 0.6 is 0 Å². The summed E-state index contributed by atoms with van der Waals surface area (Å²) in [5.74, 6) is 3.23. The third kappa shape index (κ3) is 1.96. The van der Waals surface area contributed by atoms with Gasteiger partial charge in [-0.05, 0) is 87.4 Å². The van der Waals surface area contributed by atoms with Crippen LogP contribution in [0, 0.1) is 23.2 Å². The maximum absolute atomic E-state index is 2.73. The molecule has 4 aliphatic rings. The molecular weight excluding hydrogens is 216 g/mol. The van der Waals surface area contributed by atoms with E-state index in [1.165, 1.54) is 38.5 Å². The van der Waals surface area contributed by atoms with E-state index in [2.05, 4.69) is 6.08 Å². The van der Waals surface area contributed by atoms with E-state index in [1.807, 2.05) is 5.57 Å². The van der Waals surface area contributed by atoms with Crippen molar-refractivity contribution in [2.75, 3.05) is 0 Å². The molecule has 0 aromatic carbocycles. The van der Waals surface area contributed by atoms with Gasteiger partial charge in [-0.3, -0.25) is 0 Å².